The van der Waals surface area contributed by atoms with Gasteiger partial charge in [0.25, 0.3) is 0 Å². The largest absolute Gasteiger partial charge is 0.494 e. The third-order valence-electron chi connectivity index (χ3n) is 7.27. The van der Waals surface area contributed by atoms with E-state index in [1.54, 1.807) is 29.2 Å². The second kappa shape index (κ2) is 10.5. The minimum Gasteiger partial charge on any atom is -0.494 e. The first kappa shape index (κ1) is 25.4. The van der Waals surface area contributed by atoms with Gasteiger partial charge in [0.15, 0.2) is 0 Å². The number of anilines is 1. The lowest BCUT2D eigenvalue weighted by Gasteiger charge is -2.34. The van der Waals surface area contributed by atoms with E-state index in [2.05, 4.69) is 10.6 Å². The van der Waals surface area contributed by atoms with Gasteiger partial charge < -0.3 is 30.1 Å². The SMILES string of the molecule is CCOc1ccc(NC(=O)[C@@H]2[C@H]3C(=O)N(CCCCCO)C(C(=O)NC(C)C)C34CC[C@H]2O4)cc1. The first-order valence-corrected chi connectivity index (χ1v) is 12.8. The molecule has 0 radical (unpaired) electrons. The molecule has 3 N–H and O–H groups in total. The average molecular weight is 488 g/mol. The molecule has 35 heavy (non-hydrogen) atoms. The number of amides is 3. The number of ether oxygens (including phenoxy) is 2. The average Bonchev–Trinajstić information content (AvgIpc) is 3.45. The molecule has 3 aliphatic heterocycles. The Morgan fingerprint density at radius 3 is 2.60 bits per heavy atom. The molecule has 3 aliphatic rings. The van der Waals surface area contributed by atoms with Gasteiger partial charge in [-0.15, -0.1) is 0 Å². The van der Waals surface area contributed by atoms with Crippen LogP contribution >= 0.6 is 0 Å². The predicted octanol–water partition coefficient (Wildman–Crippen LogP) is 2.09. The molecule has 1 spiro atoms. The van der Waals surface area contributed by atoms with Crippen LogP contribution in [0.4, 0.5) is 5.69 Å². The van der Waals surface area contributed by atoms with E-state index in [0.29, 0.717) is 44.5 Å². The summed E-state index contributed by atoms with van der Waals surface area (Å²) < 4.78 is 11.9. The fraction of sp³-hybridized carbons (Fsp3) is 0.654. The lowest BCUT2D eigenvalue weighted by molar-refractivity contribution is -0.141. The predicted molar refractivity (Wildman–Crippen MR) is 130 cm³/mol. The van der Waals surface area contributed by atoms with E-state index < -0.39 is 29.6 Å². The molecule has 3 amide bonds. The number of fused-ring (bicyclic) bond motifs is 1. The summed E-state index contributed by atoms with van der Waals surface area (Å²) >= 11 is 0. The van der Waals surface area contributed by atoms with Crippen LogP contribution in [0.25, 0.3) is 0 Å². The molecule has 0 aromatic heterocycles. The molecular formula is C26H37N3O6. The molecular weight excluding hydrogens is 450 g/mol. The topological polar surface area (TPSA) is 117 Å². The summed E-state index contributed by atoms with van der Waals surface area (Å²) in [5.41, 5.74) is -0.367. The number of benzene rings is 1. The van der Waals surface area contributed by atoms with Gasteiger partial charge in [0.2, 0.25) is 17.7 Å². The molecule has 1 aromatic rings. The van der Waals surface area contributed by atoms with Crippen molar-refractivity contribution in [1.82, 2.24) is 10.2 Å². The van der Waals surface area contributed by atoms with E-state index in [-0.39, 0.29) is 30.4 Å². The van der Waals surface area contributed by atoms with Crippen LogP contribution in [0.5, 0.6) is 5.75 Å². The van der Waals surface area contributed by atoms with Crippen LogP contribution in [-0.4, -0.2) is 71.3 Å². The Morgan fingerprint density at radius 2 is 1.94 bits per heavy atom. The summed E-state index contributed by atoms with van der Waals surface area (Å²) in [5.74, 6) is -1.30. The van der Waals surface area contributed by atoms with Crippen molar-refractivity contribution < 1.29 is 29.0 Å². The zero-order valence-corrected chi connectivity index (χ0v) is 20.8. The van der Waals surface area contributed by atoms with Gasteiger partial charge in [0.1, 0.15) is 17.4 Å². The van der Waals surface area contributed by atoms with Crippen LogP contribution in [0.2, 0.25) is 0 Å². The zero-order chi connectivity index (χ0) is 25.2. The molecule has 4 rings (SSSR count). The first-order valence-electron chi connectivity index (χ1n) is 12.8. The fourth-order valence-corrected chi connectivity index (χ4v) is 5.96. The molecule has 0 saturated carbocycles. The normalized spacial score (nSPS) is 28.9. The Bertz CT molecular complexity index is 936. The maximum absolute atomic E-state index is 13.7. The van der Waals surface area contributed by atoms with Crippen LogP contribution < -0.4 is 15.4 Å². The number of carbonyl (C=O) groups excluding carboxylic acids is 3. The summed E-state index contributed by atoms with van der Waals surface area (Å²) in [6.07, 6.45) is 2.89. The summed E-state index contributed by atoms with van der Waals surface area (Å²) in [6, 6.07) is 6.29. The van der Waals surface area contributed by atoms with Crippen molar-refractivity contribution in [3.8, 4) is 5.75 Å². The molecule has 192 valence electrons. The van der Waals surface area contributed by atoms with E-state index in [1.807, 2.05) is 20.8 Å². The number of nitrogens with zero attached hydrogens (tertiary/aromatic N) is 1. The maximum atomic E-state index is 13.7. The van der Waals surface area contributed by atoms with Crippen molar-refractivity contribution in [1.29, 1.82) is 0 Å². The minimum atomic E-state index is -0.988. The third-order valence-corrected chi connectivity index (χ3v) is 7.27. The van der Waals surface area contributed by atoms with Crippen molar-refractivity contribution in [2.45, 2.75) is 76.7 Å². The Hall–Kier alpha value is -2.65. The number of aliphatic hydroxyl groups excluding tert-OH is 1. The van der Waals surface area contributed by atoms with Gasteiger partial charge in [-0.1, -0.05) is 0 Å². The van der Waals surface area contributed by atoms with Gasteiger partial charge in [-0.25, -0.2) is 0 Å². The van der Waals surface area contributed by atoms with Gasteiger partial charge in [-0.05, 0) is 77.1 Å². The monoisotopic (exact) mass is 487 g/mol. The highest BCUT2D eigenvalue weighted by atomic mass is 16.5. The number of likely N-dealkylation sites (tertiary alicyclic amines) is 1. The van der Waals surface area contributed by atoms with Crippen LogP contribution in [0.3, 0.4) is 0 Å². The van der Waals surface area contributed by atoms with Crippen molar-refractivity contribution in [2.24, 2.45) is 11.8 Å². The highest BCUT2D eigenvalue weighted by Gasteiger charge is 2.74. The number of nitrogens with one attached hydrogen (secondary N) is 2. The van der Waals surface area contributed by atoms with Crippen LogP contribution in [0, 0.1) is 11.8 Å². The second-order valence-electron chi connectivity index (χ2n) is 9.98. The third kappa shape index (κ3) is 4.76. The van der Waals surface area contributed by atoms with Crippen LogP contribution in [0.15, 0.2) is 24.3 Å². The first-order chi connectivity index (χ1) is 16.8. The molecule has 9 nitrogen and oxygen atoms in total. The van der Waals surface area contributed by atoms with Crippen molar-refractivity contribution >= 4 is 23.4 Å². The molecule has 3 fully saturated rings. The molecule has 1 aromatic carbocycles. The molecule has 2 unspecified atom stereocenters. The van der Waals surface area contributed by atoms with E-state index in [9.17, 15) is 14.4 Å². The highest BCUT2D eigenvalue weighted by Crippen LogP contribution is 2.58. The molecule has 0 aliphatic carbocycles. The Labute approximate surface area is 206 Å². The van der Waals surface area contributed by atoms with Gasteiger partial charge in [0, 0.05) is 24.9 Å². The molecule has 3 saturated heterocycles. The van der Waals surface area contributed by atoms with Crippen molar-refractivity contribution in [2.75, 3.05) is 25.1 Å². The Morgan fingerprint density at radius 1 is 1.20 bits per heavy atom. The van der Waals surface area contributed by atoms with Crippen molar-refractivity contribution in [3.05, 3.63) is 24.3 Å². The van der Waals surface area contributed by atoms with E-state index >= 15 is 0 Å². The van der Waals surface area contributed by atoms with Crippen LogP contribution in [0.1, 0.15) is 52.9 Å². The molecule has 9 heteroatoms. The van der Waals surface area contributed by atoms with Gasteiger partial charge in [-0.3, -0.25) is 14.4 Å². The summed E-state index contributed by atoms with van der Waals surface area (Å²) in [7, 11) is 0. The van der Waals surface area contributed by atoms with Gasteiger partial charge in [0.05, 0.1) is 24.5 Å². The van der Waals surface area contributed by atoms with Gasteiger partial charge in [-0.2, -0.15) is 0 Å². The number of hydrogen-bond donors (Lipinski definition) is 3. The number of rotatable bonds is 11. The fourth-order valence-electron chi connectivity index (χ4n) is 5.96. The maximum Gasteiger partial charge on any atom is 0.246 e. The number of carbonyl (C=O) groups is 3. The highest BCUT2D eigenvalue weighted by molar-refractivity contribution is 6.02. The lowest BCUT2D eigenvalue weighted by atomic mass is 9.70. The molecule has 3 heterocycles. The quantitative estimate of drug-likeness (QED) is 0.412. The number of aliphatic hydroxyl groups is 1. The molecule has 5 atom stereocenters. The summed E-state index contributed by atoms with van der Waals surface area (Å²) in [5, 5.41) is 15.0. The zero-order valence-electron chi connectivity index (χ0n) is 20.8. The number of hydrogen-bond acceptors (Lipinski definition) is 6. The smallest absolute Gasteiger partial charge is 0.246 e. The van der Waals surface area contributed by atoms with E-state index in [4.69, 9.17) is 14.6 Å². The number of unbranched alkanes of at least 4 members (excludes halogenated alkanes) is 2. The Kier molecular flexibility index (Phi) is 7.66. The van der Waals surface area contributed by atoms with Gasteiger partial charge >= 0.3 is 0 Å². The minimum absolute atomic E-state index is 0.0818. The molecule has 2 bridgehead atoms. The van der Waals surface area contributed by atoms with Crippen molar-refractivity contribution in [3.63, 3.8) is 0 Å². The van der Waals surface area contributed by atoms with E-state index in [0.717, 1.165) is 12.2 Å². The van der Waals surface area contributed by atoms with E-state index in [1.165, 1.54) is 0 Å². The van der Waals surface area contributed by atoms with Crippen LogP contribution in [-0.2, 0) is 19.1 Å². The Balaban J connectivity index is 1.57. The standard InChI is InChI=1S/C26H37N3O6/c1-4-34-18-10-8-17(9-11-18)28-23(31)20-19-12-13-26(35-19)21(20)25(33)29(14-6-5-7-15-30)22(26)24(32)27-16(2)3/h8-11,16,19-22,30H,4-7,12-15H2,1-3H3,(H,27,32)(H,28,31)/t19-,20+,21+,22?,26?/m1/s1. The summed E-state index contributed by atoms with van der Waals surface area (Å²) in [4.78, 5) is 42.1. The second-order valence-corrected chi connectivity index (χ2v) is 9.98. The lowest BCUT2D eigenvalue weighted by Crippen LogP contribution is -2.56. The summed E-state index contributed by atoms with van der Waals surface area (Å²) in [6.45, 7) is 6.72.